The van der Waals surface area contributed by atoms with Crippen molar-refractivity contribution in [3.63, 3.8) is 0 Å². The lowest BCUT2D eigenvalue weighted by atomic mass is 10.1. The maximum Gasteiger partial charge on any atom is 0.199 e. The smallest absolute Gasteiger partial charge is 0.199 e. The van der Waals surface area contributed by atoms with Crippen molar-refractivity contribution in [1.29, 1.82) is 0 Å². The van der Waals surface area contributed by atoms with Crippen LogP contribution in [0.1, 0.15) is 41.0 Å². The van der Waals surface area contributed by atoms with Crippen molar-refractivity contribution in [3.05, 3.63) is 0 Å². The first-order valence-electron chi connectivity index (χ1n) is 4.63. The fraction of sp³-hybridized carbons (Fsp3) is 0.900. The second-order valence-electron chi connectivity index (χ2n) is 3.83. The van der Waals surface area contributed by atoms with E-state index in [-0.39, 0.29) is 0 Å². The Morgan fingerprint density at radius 2 is 1.50 bits per heavy atom. The molecule has 0 aliphatic heterocycles. The summed E-state index contributed by atoms with van der Waals surface area (Å²) in [7, 11) is 0. The molecule has 1 radical (unpaired) electrons. The van der Waals surface area contributed by atoms with Crippen LogP contribution in [0.5, 0.6) is 0 Å². The molecule has 0 aromatic rings. The van der Waals surface area contributed by atoms with E-state index in [0.717, 1.165) is 0 Å². The van der Waals surface area contributed by atoms with E-state index >= 15 is 0 Å². The molecule has 1 atom stereocenters. The molecule has 71 valence electrons. The largest absolute Gasteiger partial charge is 0.295 e. The highest BCUT2D eigenvalue weighted by Crippen LogP contribution is 2.11. The highest BCUT2D eigenvalue weighted by Gasteiger charge is 2.19. The van der Waals surface area contributed by atoms with Gasteiger partial charge in [0.05, 0.1) is 0 Å². The molecule has 2 nitrogen and oxygen atoms in total. The molecule has 0 spiro atoms. The Morgan fingerprint density at radius 1 is 1.08 bits per heavy atom. The minimum absolute atomic E-state index is 0.308. The average molecular weight is 170 g/mol. The summed E-state index contributed by atoms with van der Waals surface area (Å²) in [6.45, 7) is 10.7. The lowest BCUT2D eigenvalue weighted by molar-refractivity contribution is 0.126. The van der Waals surface area contributed by atoms with Gasteiger partial charge in [-0.3, -0.25) is 9.69 Å². The third-order valence-electron chi connectivity index (χ3n) is 2.08. The van der Waals surface area contributed by atoms with Gasteiger partial charge in [-0.2, -0.15) is 0 Å². The molecule has 0 saturated carbocycles. The Morgan fingerprint density at radius 3 is 1.75 bits per heavy atom. The van der Waals surface area contributed by atoms with Crippen molar-refractivity contribution in [3.8, 4) is 0 Å². The van der Waals surface area contributed by atoms with Crippen LogP contribution in [0.4, 0.5) is 0 Å². The first-order valence-corrected chi connectivity index (χ1v) is 4.63. The van der Waals surface area contributed by atoms with Gasteiger partial charge in [0.2, 0.25) is 0 Å². The van der Waals surface area contributed by atoms with Crippen LogP contribution in [0.3, 0.4) is 0 Å². The molecule has 0 saturated heterocycles. The van der Waals surface area contributed by atoms with Crippen molar-refractivity contribution in [1.82, 2.24) is 4.90 Å². The fourth-order valence-electron chi connectivity index (χ4n) is 1.84. The Hall–Kier alpha value is -0.370. The summed E-state index contributed by atoms with van der Waals surface area (Å²) in [4.78, 5) is 12.5. The normalized spacial score (nSPS) is 14.3. The second kappa shape index (κ2) is 5.31. The first-order chi connectivity index (χ1) is 5.50. The van der Waals surface area contributed by atoms with Gasteiger partial charge in [0.15, 0.2) is 6.29 Å². The lowest BCUT2D eigenvalue weighted by Crippen LogP contribution is -2.43. The summed E-state index contributed by atoms with van der Waals surface area (Å²) < 4.78 is 0. The zero-order valence-electron chi connectivity index (χ0n) is 8.79. The monoisotopic (exact) mass is 170 g/mol. The maximum absolute atomic E-state index is 10.2. The number of hydrogen-bond acceptors (Lipinski definition) is 2. The molecule has 0 aromatic carbocycles. The topological polar surface area (TPSA) is 20.3 Å². The molecule has 0 aliphatic carbocycles. The Balaban J connectivity index is 4.18. The molecule has 0 amide bonds. The van der Waals surface area contributed by atoms with Gasteiger partial charge in [0.1, 0.15) is 0 Å². The third-order valence-corrected chi connectivity index (χ3v) is 2.08. The van der Waals surface area contributed by atoms with Crippen molar-refractivity contribution in [2.24, 2.45) is 0 Å². The Kier molecular flexibility index (Phi) is 5.14. The highest BCUT2D eigenvalue weighted by atomic mass is 16.1. The molecule has 12 heavy (non-hydrogen) atoms. The van der Waals surface area contributed by atoms with Crippen molar-refractivity contribution >= 4 is 6.29 Å². The van der Waals surface area contributed by atoms with Crippen LogP contribution in [0.25, 0.3) is 0 Å². The summed E-state index contributed by atoms with van der Waals surface area (Å²) >= 11 is 0. The molecule has 1 unspecified atom stereocenters. The maximum atomic E-state index is 10.2. The van der Waals surface area contributed by atoms with Gasteiger partial charge in [-0.05, 0) is 34.6 Å². The standard InChI is InChI=1S/C10H20NO/c1-8(2)11(9(3)4)10(5)6-7-12/h8-10H,6H2,1-5H3. The van der Waals surface area contributed by atoms with E-state index < -0.39 is 0 Å². The predicted octanol–water partition coefficient (Wildman–Crippen LogP) is 1.99. The number of rotatable bonds is 5. The van der Waals surface area contributed by atoms with E-state index in [9.17, 15) is 4.79 Å². The molecule has 0 N–H and O–H groups in total. The molecule has 0 rings (SSSR count). The molecule has 0 heterocycles. The molecular weight excluding hydrogens is 150 g/mol. The third kappa shape index (κ3) is 3.35. The Labute approximate surface area is 75.9 Å². The SMILES string of the molecule is CC(C)N(C(C)C)C(C)C[C]=O. The van der Waals surface area contributed by atoms with Gasteiger partial charge in [-0.1, -0.05) is 0 Å². The number of carbonyl (C=O) groups excluding carboxylic acids is 1. The van der Waals surface area contributed by atoms with Gasteiger partial charge in [0.25, 0.3) is 0 Å². The summed E-state index contributed by atoms with van der Waals surface area (Å²) in [5, 5.41) is 0. The lowest BCUT2D eigenvalue weighted by Gasteiger charge is -2.35. The zero-order chi connectivity index (χ0) is 9.72. The molecule has 0 bridgehead atoms. The fourth-order valence-corrected chi connectivity index (χ4v) is 1.84. The first kappa shape index (κ1) is 11.6. The van der Waals surface area contributed by atoms with Crippen LogP contribution in [-0.2, 0) is 4.79 Å². The van der Waals surface area contributed by atoms with Gasteiger partial charge in [0, 0.05) is 24.5 Å². The quantitative estimate of drug-likeness (QED) is 0.629. The minimum atomic E-state index is 0.308. The summed E-state index contributed by atoms with van der Waals surface area (Å²) in [5.41, 5.74) is 0. The van der Waals surface area contributed by atoms with E-state index in [0.29, 0.717) is 24.5 Å². The van der Waals surface area contributed by atoms with Gasteiger partial charge < -0.3 is 0 Å². The predicted molar refractivity (Wildman–Crippen MR) is 51.9 cm³/mol. The molecular formula is C10H20NO. The van der Waals surface area contributed by atoms with E-state index in [1.165, 1.54) is 0 Å². The van der Waals surface area contributed by atoms with E-state index in [4.69, 9.17) is 0 Å². The van der Waals surface area contributed by atoms with Crippen LogP contribution in [0.2, 0.25) is 0 Å². The van der Waals surface area contributed by atoms with E-state index in [2.05, 4.69) is 39.5 Å². The zero-order valence-corrected chi connectivity index (χ0v) is 8.79. The van der Waals surface area contributed by atoms with Gasteiger partial charge in [-0.25, -0.2) is 0 Å². The molecule has 0 fully saturated rings. The van der Waals surface area contributed by atoms with Crippen LogP contribution in [0.15, 0.2) is 0 Å². The molecule has 2 heteroatoms. The number of nitrogens with zero attached hydrogens (tertiary/aromatic N) is 1. The summed E-state index contributed by atoms with van der Waals surface area (Å²) in [6, 6.07) is 1.30. The second-order valence-corrected chi connectivity index (χ2v) is 3.83. The van der Waals surface area contributed by atoms with Crippen LogP contribution >= 0.6 is 0 Å². The Bertz CT molecular complexity index is 124. The van der Waals surface area contributed by atoms with Gasteiger partial charge >= 0.3 is 0 Å². The molecule has 0 aromatic heterocycles. The summed E-state index contributed by atoms with van der Waals surface area (Å²) in [6.07, 6.45) is 2.48. The van der Waals surface area contributed by atoms with Gasteiger partial charge in [-0.15, -0.1) is 0 Å². The average Bonchev–Trinajstić information content (AvgIpc) is 1.85. The minimum Gasteiger partial charge on any atom is -0.295 e. The van der Waals surface area contributed by atoms with Crippen molar-refractivity contribution in [2.45, 2.75) is 59.2 Å². The van der Waals surface area contributed by atoms with E-state index in [1.54, 1.807) is 0 Å². The summed E-state index contributed by atoms with van der Waals surface area (Å²) in [5.74, 6) is 0. The van der Waals surface area contributed by atoms with E-state index in [1.807, 2.05) is 6.29 Å². The van der Waals surface area contributed by atoms with Crippen LogP contribution in [0, 0.1) is 0 Å². The van der Waals surface area contributed by atoms with Crippen molar-refractivity contribution < 1.29 is 4.79 Å². The molecule has 0 aliphatic rings. The van der Waals surface area contributed by atoms with Crippen LogP contribution in [-0.4, -0.2) is 29.3 Å². The highest BCUT2D eigenvalue weighted by molar-refractivity contribution is 5.51. The number of hydrogen-bond donors (Lipinski definition) is 0. The van der Waals surface area contributed by atoms with Crippen molar-refractivity contribution in [2.75, 3.05) is 0 Å². The van der Waals surface area contributed by atoms with Crippen LogP contribution < -0.4 is 0 Å².